The Kier molecular flexibility index (Phi) is 9.46. The van der Waals surface area contributed by atoms with Crippen molar-refractivity contribution in [2.45, 2.75) is 46.1 Å². The van der Waals surface area contributed by atoms with Crippen molar-refractivity contribution in [2.75, 3.05) is 18.4 Å². The van der Waals surface area contributed by atoms with Crippen LogP contribution in [0.5, 0.6) is 11.5 Å². The molecule has 1 aliphatic rings. The molecule has 1 amide bonds. The highest BCUT2D eigenvalue weighted by molar-refractivity contribution is 5.92. The lowest BCUT2D eigenvalue weighted by molar-refractivity contribution is -0.118. The van der Waals surface area contributed by atoms with Crippen molar-refractivity contribution in [3.05, 3.63) is 89.0 Å². The maximum atomic E-state index is 13.4. The summed E-state index contributed by atoms with van der Waals surface area (Å²) in [5.41, 5.74) is 4.64. The predicted octanol–water partition coefficient (Wildman–Crippen LogP) is 7.46. The molecule has 1 N–H and O–H groups in total. The van der Waals surface area contributed by atoms with Crippen LogP contribution in [-0.4, -0.2) is 23.9 Å². The van der Waals surface area contributed by atoms with Crippen molar-refractivity contribution in [3.8, 4) is 11.5 Å². The number of likely N-dealkylation sites (tertiary alicyclic amines) is 1. The monoisotopic (exact) mass is 514 g/mol. The summed E-state index contributed by atoms with van der Waals surface area (Å²) >= 11 is 0. The van der Waals surface area contributed by atoms with Gasteiger partial charge in [-0.05, 0) is 91.9 Å². The zero-order valence-corrected chi connectivity index (χ0v) is 21.7. The van der Waals surface area contributed by atoms with Gasteiger partial charge in [0.2, 0.25) is 5.91 Å². The van der Waals surface area contributed by atoms with Crippen molar-refractivity contribution >= 4 is 24.0 Å². The van der Waals surface area contributed by atoms with E-state index in [2.05, 4.69) is 29.3 Å². The highest BCUT2D eigenvalue weighted by atomic mass is 35.5. The average molecular weight is 515 g/mol. The maximum absolute atomic E-state index is 13.4. The summed E-state index contributed by atoms with van der Waals surface area (Å²) in [4.78, 5) is 14.5. The van der Waals surface area contributed by atoms with Crippen LogP contribution >= 0.6 is 12.4 Å². The van der Waals surface area contributed by atoms with Crippen LogP contribution in [0, 0.1) is 24.5 Å². The number of carbonyl (C=O) groups is 1. The van der Waals surface area contributed by atoms with Crippen LogP contribution in [-0.2, 0) is 11.3 Å². The molecule has 0 aromatic heterocycles. The molecule has 4 rings (SSSR count). The fourth-order valence-electron chi connectivity index (χ4n) is 4.44. The van der Waals surface area contributed by atoms with E-state index in [0.717, 1.165) is 50.3 Å². The first-order valence-corrected chi connectivity index (χ1v) is 12.1. The van der Waals surface area contributed by atoms with Gasteiger partial charge in [-0.2, -0.15) is 0 Å². The molecule has 3 aromatic carbocycles. The van der Waals surface area contributed by atoms with E-state index in [1.54, 1.807) is 0 Å². The number of hydrogen-bond acceptors (Lipinski definition) is 3. The Labute approximate surface area is 218 Å². The molecule has 3 aromatic rings. The second-order valence-electron chi connectivity index (χ2n) is 9.59. The molecular weight excluding hydrogens is 482 g/mol. The molecule has 0 atom stereocenters. The molecule has 4 nitrogen and oxygen atoms in total. The summed E-state index contributed by atoms with van der Waals surface area (Å²) in [5.74, 6) is -0.498. The van der Waals surface area contributed by atoms with Crippen LogP contribution in [0.1, 0.15) is 49.3 Å². The number of nitrogens with one attached hydrogen (secondary N) is 1. The van der Waals surface area contributed by atoms with Gasteiger partial charge in [-0.3, -0.25) is 9.69 Å². The van der Waals surface area contributed by atoms with Crippen molar-refractivity contribution < 1.29 is 18.3 Å². The van der Waals surface area contributed by atoms with Crippen LogP contribution in [0.2, 0.25) is 0 Å². The second kappa shape index (κ2) is 12.3. The number of ether oxygens (including phenoxy) is 1. The third-order valence-electron chi connectivity index (χ3n) is 6.55. The van der Waals surface area contributed by atoms with E-state index in [-0.39, 0.29) is 30.0 Å². The van der Waals surface area contributed by atoms with Gasteiger partial charge in [-0.15, -0.1) is 12.4 Å². The van der Waals surface area contributed by atoms with Gasteiger partial charge in [0.25, 0.3) is 0 Å². The molecule has 0 unspecified atom stereocenters. The Morgan fingerprint density at radius 2 is 1.64 bits per heavy atom. The minimum absolute atomic E-state index is 0. The van der Waals surface area contributed by atoms with Crippen LogP contribution in [0.3, 0.4) is 0 Å². The molecule has 36 heavy (non-hydrogen) atoms. The Balaban J connectivity index is 0.00000361. The van der Waals surface area contributed by atoms with Gasteiger partial charge in [0.05, 0.1) is 0 Å². The van der Waals surface area contributed by atoms with Crippen LogP contribution in [0.25, 0.3) is 0 Å². The predicted molar refractivity (Wildman–Crippen MR) is 142 cm³/mol. The molecule has 1 fully saturated rings. The zero-order valence-electron chi connectivity index (χ0n) is 20.9. The number of piperidine rings is 1. The summed E-state index contributed by atoms with van der Waals surface area (Å²) in [5, 5.41) is 3.02. The first-order chi connectivity index (χ1) is 16.8. The quantitative estimate of drug-likeness (QED) is 0.356. The maximum Gasteiger partial charge on any atom is 0.226 e. The fourth-order valence-corrected chi connectivity index (χ4v) is 4.44. The fraction of sp³-hybridized carbons (Fsp3) is 0.345. The number of anilines is 1. The second-order valence-corrected chi connectivity index (χ2v) is 9.59. The summed E-state index contributed by atoms with van der Waals surface area (Å²) in [6, 6.07) is 17.4. The van der Waals surface area contributed by atoms with Gasteiger partial charge < -0.3 is 10.1 Å². The molecule has 0 saturated carbocycles. The lowest BCUT2D eigenvalue weighted by Gasteiger charge is -2.33. The van der Waals surface area contributed by atoms with Crippen molar-refractivity contribution in [1.29, 1.82) is 0 Å². The van der Waals surface area contributed by atoms with Gasteiger partial charge in [0.15, 0.2) is 11.6 Å². The number of carbonyl (C=O) groups excluding carboxylic acids is 1. The van der Waals surface area contributed by atoms with Crippen molar-refractivity contribution in [2.24, 2.45) is 5.92 Å². The number of nitrogens with zero attached hydrogens (tertiary/aromatic N) is 1. The van der Waals surface area contributed by atoms with E-state index in [1.165, 1.54) is 22.8 Å². The Hall–Kier alpha value is -2.96. The summed E-state index contributed by atoms with van der Waals surface area (Å²) in [6.07, 6.45) is 2.14. The molecule has 1 aliphatic heterocycles. The summed E-state index contributed by atoms with van der Waals surface area (Å²) in [7, 11) is 0. The van der Waals surface area contributed by atoms with Gasteiger partial charge >= 0.3 is 0 Å². The highest BCUT2D eigenvalue weighted by Crippen LogP contribution is 2.33. The number of aryl methyl sites for hydroxylation is 1. The van der Waals surface area contributed by atoms with Crippen LogP contribution in [0.4, 0.5) is 14.5 Å². The normalized spacial score (nSPS) is 14.4. The van der Waals surface area contributed by atoms with Crippen LogP contribution < -0.4 is 10.1 Å². The largest absolute Gasteiger partial charge is 0.457 e. The van der Waals surface area contributed by atoms with E-state index < -0.39 is 11.6 Å². The van der Waals surface area contributed by atoms with Gasteiger partial charge in [-0.25, -0.2) is 8.78 Å². The molecule has 0 aliphatic carbocycles. The summed E-state index contributed by atoms with van der Waals surface area (Å²) < 4.78 is 32.1. The molecule has 0 spiro atoms. The smallest absolute Gasteiger partial charge is 0.226 e. The molecule has 0 radical (unpaired) electrons. The third kappa shape index (κ3) is 7.05. The molecule has 7 heteroatoms. The Bertz CT molecular complexity index is 1180. The first kappa shape index (κ1) is 27.6. The number of hydrogen-bond donors (Lipinski definition) is 1. The topological polar surface area (TPSA) is 41.6 Å². The van der Waals surface area contributed by atoms with Crippen LogP contribution in [0.15, 0.2) is 60.7 Å². The van der Waals surface area contributed by atoms with E-state index in [9.17, 15) is 13.6 Å². The number of amides is 1. The molecule has 0 bridgehead atoms. The lowest BCUT2D eigenvalue weighted by atomic mass is 9.86. The molecule has 1 saturated heterocycles. The lowest BCUT2D eigenvalue weighted by Crippen LogP contribution is -2.32. The molecule has 192 valence electrons. The van der Waals surface area contributed by atoms with Crippen molar-refractivity contribution in [1.82, 2.24) is 4.90 Å². The third-order valence-corrected chi connectivity index (χ3v) is 6.55. The minimum Gasteiger partial charge on any atom is -0.457 e. The molecule has 1 heterocycles. The first-order valence-electron chi connectivity index (χ1n) is 12.1. The number of rotatable bonds is 7. The van der Waals surface area contributed by atoms with Gasteiger partial charge in [-0.1, -0.05) is 32.0 Å². The molecular formula is C29H33ClF2N2O2. The zero-order chi connectivity index (χ0) is 24.9. The van der Waals surface area contributed by atoms with Crippen molar-refractivity contribution in [3.63, 3.8) is 0 Å². The number of benzene rings is 3. The van der Waals surface area contributed by atoms with Gasteiger partial charge in [0, 0.05) is 24.2 Å². The summed E-state index contributed by atoms with van der Waals surface area (Å²) in [6.45, 7) is 8.78. The Morgan fingerprint density at radius 1 is 0.972 bits per heavy atom. The Morgan fingerprint density at radius 3 is 2.28 bits per heavy atom. The standard InChI is InChI=1S/C29H32F2N2O2.ClH/c1-19(2)29(34)32-23-7-4-20(3)26(16-23)22-12-14-33(15-13-22)18-21-5-8-24(9-6-21)35-25-10-11-27(30)28(31)17-25;/h4-11,16-17,19,22H,12-15,18H2,1-3H3,(H,32,34);1H. The van der Waals surface area contributed by atoms with E-state index >= 15 is 0 Å². The average Bonchev–Trinajstić information content (AvgIpc) is 2.84. The van der Waals surface area contributed by atoms with E-state index in [1.807, 2.05) is 44.2 Å². The minimum atomic E-state index is -0.926. The number of halogens is 3. The highest BCUT2D eigenvalue weighted by Gasteiger charge is 2.22. The van der Waals surface area contributed by atoms with E-state index in [4.69, 9.17) is 4.74 Å². The SMILES string of the molecule is Cc1ccc(NC(=O)C(C)C)cc1C1CCN(Cc2ccc(Oc3ccc(F)c(F)c3)cc2)CC1.Cl. The van der Waals surface area contributed by atoms with E-state index in [0.29, 0.717) is 11.7 Å². The van der Waals surface area contributed by atoms with Gasteiger partial charge in [0.1, 0.15) is 11.5 Å².